The quantitative estimate of drug-likeness (QED) is 0.430. The molecule has 0 saturated carbocycles. The van der Waals surface area contributed by atoms with Crippen LogP contribution in [-0.4, -0.2) is 36.6 Å². The highest BCUT2D eigenvalue weighted by Gasteiger charge is 2.34. The van der Waals surface area contributed by atoms with Crippen LogP contribution in [0.3, 0.4) is 0 Å². The summed E-state index contributed by atoms with van der Waals surface area (Å²) in [6.07, 6.45) is 4.89. The Morgan fingerprint density at radius 2 is 2.00 bits per heavy atom. The van der Waals surface area contributed by atoms with Crippen LogP contribution in [0.15, 0.2) is 34.0 Å². The average Bonchev–Trinajstić information content (AvgIpc) is 2.67. The van der Waals surface area contributed by atoms with Crippen LogP contribution in [0.1, 0.15) is 56.8 Å². The molecular formula is C20H25Cl3N4O3. The third kappa shape index (κ3) is 6.09. The van der Waals surface area contributed by atoms with E-state index in [2.05, 4.69) is 23.9 Å². The topological polar surface area (TPSA) is 88.1 Å². The molecule has 1 aromatic heterocycles. The van der Waals surface area contributed by atoms with Crippen molar-refractivity contribution in [3.05, 3.63) is 55.8 Å². The number of carbonyl (C=O) groups excluding carboxylic acids is 1. The largest absolute Gasteiger partial charge is 0.349 e. The second kappa shape index (κ2) is 10.5. The first kappa shape index (κ1) is 24.4. The van der Waals surface area contributed by atoms with Crippen LogP contribution in [0.2, 0.25) is 5.02 Å². The lowest BCUT2D eigenvalue weighted by Gasteiger charge is -2.34. The molecule has 1 N–H and O–H groups in total. The first-order valence-corrected chi connectivity index (χ1v) is 10.9. The van der Waals surface area contributed by atoms with Gasteiger partial charge in [-0.05, 0) is 37.5 Å². The van der Waals surface area contributed by atoms with Gasteiger partial charge in [-0.3, -0.25) is 14.6 Å². The van der Waals surface area contributed by atoms with Crippen molar-refractivity contribution in [2.45, 2.75) is 50.9 Å². The maximum absolute atomic E-state index is 13.4. The highest BCUT2D eigenvalue weighted by atomic mass is 35.5. The number of rotatable bonds is 9. The maximum Gasteiger partial charge on any atom is 0.349 e. The van der Waals surface area contributed by atoms with E-state index in [1.165, 1.54) is 30.0 Å². The number of halogens is 3. The molecule has 1 amide bonds. The Bertz CT molecular complexity index is 998. The van der Waals surface area contributed by atoms with Crippen molar-refractivity contribution < 1.29 is 4.79 Å². The summed E-state index contributed by atoms with van der Waals surface area (Å²) in [6.45, 7) is 6.08. The fraction of sp³-hybridized carbons (Fsp3) is 0.500. The molecule has 0 fully saturated rings. The molecular weight excluding hydrogens is 451 g/mol. The summed E-state index contributed by atoms with van der Waals surface area (Å²) in [6, 6.07) is 4.43. The van der Waals surface area contributed by atoms with E-state index in [1.807, 2.05) is 0 Å². The summed E-state index contributed by atoms with van der Waals surface area (Å²) in [5.74, 6) is -0.224. The second-order valence-corrected chi connectivity index (χ2v) is 9.26. The lowest BCUT2D eigenvalue weighted by molar-refractivity contribution is 0.0679. The van der Waals surface area contributed by atoms with Crippen LogP contribution in [0, 0.1) is 5.92 Å². The number of hydrogen-bond donors (Lipinski definition) is 1. The molecule has 0 aliphatic heterocycles. The monoisotopic (exact) mass is 474 g/mol. The number of amides is 1. The van der Waals surface area contributed by atoms with E-state index in [9.17, 15) is 14.4 Å². The summed E-state index contributed by atoms with van der Waals surface area (Å²) < 4.78 is -0.487. The number of nitrogens with one attached hydrogen (secondary N) is 1. The van der Waals surface area contributed by atoms with E-state index < -0.39 is 21.6 Å². The van der Waals surface area contributed by atoms with E-state index in [1.54, 1.807) is 0 Å². The Kier molecular flexibility index (Phi) is 8.52. The standard InChI is InChI=1S/C20H25Cl3N4O3/c1-4-6-7-13(5-2)12-26(20(3,22)23)18(29)15-10-14(8-9-16(15)21)27-19(30)25-17(28)11-24-27/h8-11,13H,4-7,12H2,1-3H3,(H,25,28,30). The number of unbranched alkanes of at least 4 members (excludes halogenated alkanes) is 1. The van der Waals surface area contributed by atoms with Crippen LogP contribution in [-0.2, 0) is 0 Å². The number of nitrogens with zero attached hydrogens (tertiary/aromatic N) is 3. The number of H-pyrrole nitrogens is 1. The molecule has 1 unspecified atom stereocenters. The Hall–Kier alpha value is -1.83. The molecule has 10 heteroatoms. The van der Waals surface area contributed by atoms with Crippen molar-refractivity contribution in [1.29, 1.82) is 0 Å². The zero-order valence-corrected chi connectivity index (χ0v) is 19.4. The van der Waals surface area contributed by atoms with Gasteiger partial charge in [0.15, 0.2) is 4.46 Å². The smallest absolute Gasteiger partial charge is 0.307 e. The SMILES string of the molecule is CCCCC(CC)CN(C(=O)c1cc(-n2ncc(=O)[nH]c2=O)ccc1Cl)C(C)(Cl)Cl. The first-order chi connectivity index (χ1) is 14.1. The Balaban J connectivity index is 2.44. The van der Waals surface area contributed by atoms with Crippen LogP contribution >= 0.6 is 34.8 Å². The van der Waals surface area contributed by atoms with E-state index >= 15 is 0 Å². The van der Waals surface area contributed by atoms with E-state index in [0.717, 1.165) is 36.6 Å². The van der Waals surface area contributed by atoms with Crippen molar-refractivity contribution in [3.8, 4) is 5.69 Å². The third-order valence-corrected chi connectivity index (χ3v) is 5.58. The summed E-state index contributed by atoms with van der Waals surface area (Å²) in [5, 5.41) is 3.99. The molecule has 164 valence electrons. The van der Waals surface area contributed by atoms with Gasteiger partial charge in [-0.15, -0.1) is 0 Å². The van der Waals surface area contributed by atoms with Crippen LogP contribution in [0.4, 0.5) is 0 Å². The van der Waals surface area contributed by atoms with Gasteiger partial charge in [-0.2, -0.15) is 9.78 Å². The predicted molar refractivity (Wildman–Crippen MR) is 120 cm³/mol. The molecule has 7 nitrogen and oxygen atoms in total. The van der Waals surface area contributed by atoms with Crippen LogP contribution in [0.25, 0.3) is 5.69 Å². The maximum atomic E-state index is 13.4. The number of hydrogen-bond acceptors (Lipinski definition) is 4. The van der Waals surface area contributed by atoms with Crippen molar-refractivity contribution >= 4 is 40.7 Å². The van der Waals surface area contributed by atoms with Crippen molar-refractivity contribution in [3.63, 3.8) is 0 Å². The van der Waals surface area contributed by atoms with E-state index in [4.69, 9.17) is 34.8 Å². The predicted octanol–water partition coefficient (Wildman–Crippen LogP) is 4.38. The van der Waals surface area contributed by atoms with Gasteiger partial charge < -0.3 is 4.90 Å². The van der Waals surface area contributed by atoms with Gasteiger partial charge >= 0.3 is 5.69 Å². The van der Waals surface area contributed by atoms with E-state index in [0.29, 0.717) is 6.54 Å². The van der Waals surface area contributed by atoms with Crippen LogP contribution < -0.4 is 11.2 Å². The average molecular weight is 476 g/mol. The molecule has 0 radical (unpaired) electrons. The van der Waals surface area contributed by atoms with Gasteiger partial charge in [0, 0.05) is 6.54 Å². The van der Waals surface area contributed by atoms with Gasteiger partial charge in [0.2, 0.25) is 0 Å². The molecule has 0 spiro atoms. The molecule has 0 aliphatic carbocycles. The van der Waals surface area contributed by atoms with Crippen molar-refractivity contribution in [1.82, 2.24) is 19.7 Å². The van der Waals surface area contributed by atoms with E-state index in [-0.39, 0.29) is 22.2 Å². The number of aromatic nitrogens is 3. The highest BCUT2D eigenvalue weighted by Crippen LogP contribution is 2.32. The minimum Gasteiger partial charge on any atom is -0.307 e. The summed E-state index contributed by atoms with van der Waals surface area (Å²) in [5.41, 5.74) is -0.949. The number of alkyl halides is 2. The van der Waals surface area contributed by atoms with Gasteiger partial charge in [0.05, 0.1) is 16.3 Å². The zero-order valence-electron chi connectivity index (χ0n) is 17.1. The molecule has 1 atom stereocenters. The molecule has 2 aromatic rings. The Morgan fingerprint density at radius 3 is 2.57 bits per heavy atom. The fourth-order valence-corrected chi connectivity index (χ4v) is 3.58. The molecule has 0 bridgehead atoms. The minimum absolute atomic E-state index is 0.131. The van der Waals surface area contributed by atoms with Gasteiger partial charge in [-0.1, -0.05) is 67.9 Å². The summed E-state index contributed by atoms with van der Waals surface area (Å²) in [7, 11) is 0. The normalized spacial score (nSPS) is 12.6. The van der Waals surface area contributed by atoms with Gasteiger partial charge in [0.25, 0.3) is 11.5 Å². The number of carbonyl (C=O) groups is 1. The van der Waals surface area contributed by atoms with Gasteiger partial charge in [0.1, 0.15) is 6.20 Å². The molecule has 2 rings (SSSR count). The highest BCUT2D eigenvalue weighted by molar-refractivity contribution is 6.48. The van der Waals surface area contributed by atoms with Crippen LogP contribution in [0.5, 0.6) is 0 Å². The lowest BCUT2D eigenvalue weighted by atomic mass is 9.98. The summed E-state index contributed by atoms with van der Waals surface area (Å²) >= 11 is 19.0. The molecule has 1 heterocycles. The number of benzene rings is 1. The summed E-state index contributed by atoms with van der Waals surface area (Å²) in [4.78, 5) is 40.2. The minimum atomic E-state index is -1.46. The number of aromatic amines is 1. The van der Waals surface area contributed by atoms with Gasteiger partial charge in [-0.25, -0.2) is 4.79 Å². The Labute approximate surface area is 189 Å². The van der Waals surface area contributed by atoms with Crippen molar-refractivity contribution in [2.75, 3.05) is 6.54 Å². The molecule has 1 aromatic carbocycles. The first-order valence-electron chi connectivity index (χ1n) is 9.76. The molecule has 0 aliphatic rings. The molecule has 0 saturated heterocycles. The second-order valence-electron chi connectivity index (χ2n) is 7.19. The fourth-order valence-electron chi connectivity index (χ4n) is 3.09. The lowest BCUT2D eigenvalue weighted by Crippen LogP contribution is -2.45. The van der Waals surface area contributed by atoms with Crippen molar-refractivity contribution in [2.24, 2.45) is 5.92 Å². The molecule has 30 heavy (non-hydrogen) atoms. The third-order valence-electron chi connectivity index (χ3n) is 4.84. The Morgan fingerprint density at radius 1 is 1.30 bits per heavy atom. The zero-order chi connectivity index (χ0) is 22.5.